The number of nitrogens with zero attached hydrogens (tertiary/aromatic N) is 3. The van der Waals surface area contributed by atoms with Gasteiger partial charge in [-0.2, -0.15) is 0 Å². The van der Waals surface area contributed by atoms with Crippen LogP contribution in [-0.4, -0.2) is 15.3 Å². The van der Waals surface area contributed by atoms with Gasteiger partial charge in [-0.25, -0.2) is 0 Å². The van der Waals surface area contributed by atoms with Crippen molar-refractivity contribution in [2.24, 2.45) is 0 Å². The van der Waals surface area contributed by atoms with Gasteiger partial charge in [0.2, 0.25) is 0 Å². The van der Waals surface area contributed by atoms with Crippen molar-refractivity contribution < 1.29 is 48.0 Å². The van der Waals surface area contributed by atoms with Crippen LogP contribution in [-0.2, 0) is 32.7 Å². The molecule has 0 aromatic heterocycles. The van der Waals surface area contributed by atoms with E-state index >= 15 is 0 Å². The first-order chi connectivity index (χ1) is 5.20. The normalized spacial score (nSPS) is 5.54. The average Bonchev–Trinajstić information content (AvgIpc) is 1.54. The van der Waals surface area contributed by atoms with E-state index in [0.29, 0.717) is 0 Å². The van der Waals surface area contributed by atoms with Gasteiger partial charge in [0, 0.05) is 0 Å². The molecule has 13 heteroatoms. The fourth-order valence-corrected chi connectivity index (χ4v) is 0. The first-order valence-corrected chi connectivity index (χ1v) is 1.64. The number of hydrogen-bond acceptors (Lipinski definition) is 9. The third-order valence-corrected chi connectivity index (χ3v) is 0. The fraction of sp³-hybridized carbons (Fsp3) is 0. The van der Waals surface area contributed by atoms with Crippen molar-refractivity contribution >= 4 is 0 Å². The van der Waals surface area contributed by atoms with Gasteiger partial charge >= 0.3 is 32.7 Å². The molecule has 12 nitrogen and oxygen atoms in total. The Morgan fingerprint density at radius 1 is 0.538 bits per heavy atom. The van der Waals surface area contributed by atoms with Crippen LogP contribution >= 0.6 is 0 Å². The van der Waals surface area contributed by atoms with Crippen LogP contribution in [0.2, 0.25) is 0 Å². The monoisotopic (exact) mass is 275 g/mol. The zero-order valence-electron chi connectivity index (χ0n) is 5.59. The molecule has 13 heavy (non-hydrogen) atoms. The van der Waals surface area contributed by atoms with Crippen LogP contribution in [0.5, 0.6) is 0 Å². The molecule has 0 fully saturated rings. The molecular formula is N3O9Y. The summed E-state index contributed by atoms with van der Waals surface area (Å²) in [7, 11) is 0. The minimum absolute atomic E-state index is 0. The molecule has 0 aromatic rings. The molecule has 72 valence electrons. The largest absolute Gasteiger partial charge is 3.00 e. The maximum absolute atomic E-state index is 8.25. The zero-order valence-corrected chi connectivity index (χ0v) is 8.43. The smallest absolute Gasteiger partial charge is 0.356 e. The second-order valence-corrected chi connectivity index (χ2v) is 0.671. The van der Waals surface area contributed by atoms with E-state index in [1.165, 1.54) is 0 Å². The molecular weight excluding hydrogens is 275 g/mol. The Bertz CT molecular complexity index is 112. The van der Waals surface area contributed by atoms with E-state index < -0.39 is 15.3 Å². The second-order valence-electron chi connectivity index (χ2n) is 0.671. The summed E-state index contributed by atoms with van der Waals surface area (Å²) in [6.45, 7) is 0. The van der Waals surface area contributed by atoms with Crippen LogP contribution in [0.15, 0.2) is 0 Å². The van der Waals surface area contributed by atoms with E-state index in [1.807, 2.05) is 0 Å². The van der Waals surface area contributed by atoms with E-state index in [2.05, 4.69) is 0 Å². The van der Waals surface area contributed by atoms with E-state index in [0.717, 1.165) is 0 Å². The number of hydrogen-bond donors (Lipinski definition) is 0. The van der Waals surface area contributed by atoms with Crippen molar-refractivity contribution in [1.29, 1.82) is 0 Å². The van der Waals surface area contributed by atoms with Crippen molar-refractivity contribution in [1.82, 2.24) is 0 Å². The van der Waals surface area contributed by atoms with Crippen molar-refractivity contribution in [3.05, 3.63) is 46.0 Å². The van der Waals surface area contributed by atoms with Gasteiger partial charge in [-0.15, -0.1) is 0 Å². The molecule has 0 N–H and O–H groups in total. The molecule has 0 spiro atoms. The maximum Gasteiger partial charge on any atom is 3.00 e. The van der Waals surface area contributed by atoms with Crippen molar-refractivity contribution in [3.63, 3.8) is 0 Å². The summed E-state index contributed by atoms with van der Waals surface area (Å²) in [6.07, 6.45) is 0. The van der Waals surface area contributed by atoms with Gasteiger partial charge < -0.3 is 46.0 Å². The van der Waals surface area contributed by atoms with E-state index in [9.17, 15) is 0 Å². The number of rotatable bonds is 0. The van der Waals surface area contributed by atoms with E-state index in [4.69, 9.17) is 46.0 Å². The van der Waals surface area contributed by atoms with Crippen LogP contribution in [0.1, 0.15) is 0 Å². The SMILES string of the molecule is O=[N+]([O-])[O-].O=[N+]([O-])[O-].O=[N+]([O-])[O-].[Y+3]. The summed E-state index contributed by atoms with van der Waals surface area (Å²) in [6, 6.07) is 0. The molecule has 0 unspecified atom stereocenters. The van der Waals surface area contributed by atoms with Gasteiger partial charge in [0.05, 0.1) is 15.3 Å². The zero-order chi connectivity index (χ0) is 10.7. The van der Waals surface area contributed by atoms with Crippen LogP contribution < -0.4 is 0 Å². The van der Waals surface area contributed by atoms with Crippen LogP contribution in [0.3, 0.4) is 0 Å². The average molecular weight is 275 g/mol. The molecule has 0 aromatic carbocycles. The molecule has 0 bridgehead atoms. The summed E-state index contributed by atoms with van der Waals surface area (Å²) in [5, 5.41) is 44.2. The maximum atomic E-state index is 8.25. The Hall–Kier alpha value is -1.30. The first-order valence-electron chi connectivity index (χ1n) is 1.64. The molecule has 0 saturated heterocycles. The molecule has 0 rings (SSSR count). The van der Waals surface area contributed by atoms with Crippen LogP contribution in [0.4, 0.5) is 0 Å². The third kappa shape index (κ3) is 483. The molecule has 0 atom stereocenters. The van der Waals surface area contributed by atoms with Gasteiger partial charge in [0.25, 0.3) is 0 Å². The van der Waals surface area contributed by atoms with Crippen LogP contribution in [0.25, 0.3) is 0 Å². The Labute approximate surface area is 94.0 Å². The van der Waals surface area contributed by atoms with Crippen molar-refractivity contribution in [3.8, 4) is 0 Å². The Balaban J connectivity index is -0.0000000450. The topological polar surface area (TPSA) is 199 Å². The Kier molecular flexibility index (Phi) is 29.5. The van der Waals surface area contributed by atoms with Gasteiger partial charge in [-0.1, -0.05) is 0 Å². The molecule has 0 aliphatic rings. The standard InChI is InChI=1S/3NO3.Y/c3*2-1(3)4;/q3*-1;+3. The van der Waals surface area contributed by atoms with Gasteiger partial charge in [-0.05, 0) is 0 Å². The van der Waals surface area contributed by atoms with Crippen molar-refractivity contribution in [2.75, 3.05) is 0 Å². The minimum Gasteiger partial charge on any atom is -0.356 e. The van der Waals surface area contributed by atoms with Crippen LogP contribution in [0, 0.1) is 46.0 Å². The predicted molar refractivity (Wildman–Crippen MR) is 31.1 cm³/mol. The molecule has 0 aliphatic carbocycles. The fourth-order valence-electron chi connectivity index (χ4n) is 0. The predicted octanol–water partition coefficient (Wildman–Crippen LogP) is -0.720. The summed E-state index contributed by atoms with van der Waals surface area (Å²) < 4.78 is 0. The summed E-state index contributed by atoms with van der Waals surface area (Å²) in [4.78, 5) is 24.8. The molecule has 0 radical (unpaired) electrons. The Morgan fingerprint density at radius 3 is 0.538 bits per heavy atom. The molecule has 0 aliphatic heterocycles. The van der Waals surface area contributed by atoms with E-state index in [-0.39, 0.29) is 32.7 Å². The first kappa shape index (κ1) is 22.6. The van der Waals surface area contributed by atoms with Gasteiger partial charge in [-0.3, -0.25) is 0 Å². The van der Waals surface area contributed by atoms with Gasteiger partial charge in [0.15, 0.2) is 0 Å². The minimum atomic E-state index is -1.75. The summed E-state index contributed by atoms with van der Waals surface area (Å²) >= 11 is 0. The molecule has 0 saturated carbocycles. The summed E-state index contributed by atoms with van der Waals surface area (Å²) in [5.41, 5.74) is 0. The van der Waals surface area contributed by atoms with Crippen molar-refractivity contribution in [2.45, 2.75) is 0 Å². The Morgan fingerprint density at radius 2 is 0.538 bits per heavy atom. The second kappa shape index (κ2) is 17.0. The molecule has 0 heterocycles. The third-order valence-electron chi connectivity index (χ3n) is 0. The molecule has 0 amide bonds. The quantitative estimate of drug-likeness (QED) is 0.403. The van der Waals surface area contributed by atoms with Gasteiger partial charge in [0.1, 0.15) is 0 Å². The summed E-state index contributed by atoms with van der Waals surface area (Å²) in [5.74, 6) is 0. The van der Waals surface area contributed by atoms with E-state index in [1.54, 1.807) is 0 Å².